The number of nitrogens with one attached hydrogen (secondary N) is 1. The average Bonchev–Trinajstić information content (AvgIpc) is 2.63. The van der Waals surface area contributed by atoms with E-state index >= 15 is 0 Å². The summed E-state index contributed by atoms with van der Waals surface area (Å²) in [7, 11) is 0. The molecule has 20 heavy (non-hydrogen) atoms. The number of rotatable bonds is 3. The van der Waals surface area contributed by atoms with Crippen LogP contribution in [-0.4, -0.2) is 42.0 Å². The van der Waals surface area contributed by atoms with Crippen molar-refractivity contribution in [2.45, 2.75) is 37.8 Å². The van der Waals surface area contributed by atoms with E-state index in [4.69, 9.17) is 4.74 Å². The van der Waals surface area contributed by atoms with Gasteiger partial charge in [0.15, 0.2) is 0 Å². The molecular formula is C14H17N2O4. The summed E-state index contributed by atoms with van der Waals surface area (Å²) in [5.41, 5.74) is 0. The lowest BCUT2D eigenvalue weighted by molar-refractivity contribution is -0.131. The molecule has 6 nitrogen and oxygen atoms in total. The third kappa shape index (κ3) is 3.46. The quantitative estimate of drug-likeness (QED) is 0.782. The third-order valence-corrected chi connectivity index (χ3v) is 3.34. The zero-order valence-electron chi connectivity index (χ0n) is 11.1. The summed E-state index contributed by atoms with van der Waals surface area (Å²) in [5.74, 6) is -0.425. The Morgan fingerprint density at radius 2 is 2.25 bits per heavy atom. The van der Waals surface area contributed by atoms with Crippen LogP contribution >= 0.6 is 0 Å². The zero-order chi connectivity index (χ0) is 14.4. The summed E-state index contributed by atoms with van der Waals surface area (Å²) in [6.07, 6.45) is 10.5. The molecule has 2 rings (SSSR count). The monoisotopic (exact) mass is 277 g/mol. The smallest absolute Gasteiger partial charge is 0.417 e. The van der Waals surface area contributed by atoms with Gasteiger partial charge >= 0.3 is 12.5 Å². The topological polar surface area (TPSA) is 75.7 Å². The molecule has 0 bridgehead atoms. The van der Waals surface area contributed by atoms with E-state index in [-0.39, 0.29) is 6.10 Å². The molecule has 1 aliphatic heterocycles. The average molecular weight is 277 g/mol. The molecule has 0 aromatic rings. The fraction of sp³-hybridized carbons (Fsp3) is 0.500. The standard InChI is InChI=1S/C14H17N2O4/c17-10-15-12-8-4-5-9-16(13(12)18)14(19)20-11-6-2-1-3-7-11/h1-3,6,11-12H,4-5,7-9H2,(H,15,17)/t11?,12-/m0/s1. The van der Waals surface area contributed by atoms with Crippen LogP contribution in [0.4, 0.5) is 4.79 Å². The van der Waals surface area contributed by atoms with Gasteiger partial charge in [-0.2, -0.15) is 0 Å². The van der Waals surface area contributed by atoms with Crippen LogP contribution in [0.15, 0.2) is 24.3 Å². The van der Waals surface area contributed by atoms with Crippen molar-refractivity contribution in [3.63, 3.8) is 0 Å². The van der Waals surface area contributed by atoms with Crippen molar-refractivity contribution in [3.05, 3.63) is 24.3 Å². The minimum atomic E-state index is -0.690. The predicted octanol–water partition coefficient (Wildman–Crippen LogP) is 1.05. The fourth-order valence-electron chi connectivity index (χ4n) is 2.26. The maximum atomic E-state index is 12.2. The van der Waals surface area contributed by atoms with Crippen molar-refractivity contribution in [1.82, 2.24) is 10.2 Å². The van der Waals surface area contributed by atoms with Gasteiger partial charge in [-0.1, -0.05) is 18.2 Å². The molecule has 107 valence electrons. The second-order valence-electron chi connectivity index (χ2n) is 4.76. The number of hydrogen-bond donors (Lipinski definition) is 1. The molecule has 0 spiro atoms. The van der Waals surface area contributed by atoms with Gasteiger partial charge in [0.2, 0.25) is 0 Å². The van der Waals surface area contributed by atoms with Crippen molar-refractivity contribution in [1.29, 1.82) is 0 Å². The van der Waals surface area contributed by atoms with Crippen LogP contribution in [-0.2, 0) is 14.3 Å². The second kappa shape index (κ2) is 6.88. The first-order valence-electron chi connectivity index (χ1n) is 6.70. The van der Waals surface area contributed by atoms with E-state index in [1.165, 1.54) is 6.41 Å². The van der Waals surface area contributed by atoms with E-state index in [1.807, 2.05) is 12.2 Å². The van der Waals surface area contributed by atoms with Gasteiger partial charge in [0.25, 0.3) is 5.91 Å². The number of amides is 3. The van der Waals surface area contributed by atoms with Crippen LogP contribution in [0.2, 0.25) is 0 Å². The maximum absolute atomic E-state index is 12.2. The Balaban J connectivity index is 1.99. The zero-order valence-corrected chi connectivity index (χ0v) is 11.1. The lowest BCUT2D eigenvalue weighted by Crippen LogP contribution is -2.48. The number of nitrogens with zero attached hydrogens (tertiary/aromatic N) is 1. The molecule has 1 unspecified atom stereocenters. The normalized spacial score (nSPS) is 26.0. The van der Waals surface area contributed by atoms with Crippen LogP contribution < -0.4 is 5.32 Å². The van der Waals surface area contributed by atoms with Gasteiger partial charge in [0, 0.05) is 13.0 Å². The van der Waals surface area contributed by atoms with E-state index in [0.717, 1.165) is 11.3 Å². The van der Waals surface area contributed by atoms with E-state index in [1.54, 1.807) is 12.2 Å². The Bertz CT molecular complexity index is 444. The number of carbonyl (C=O) groups excluding carboxylic acids is 3. The van der Waals surface area contributed by atoms with Gasteiger partial charge in [-0.25, -0.2) is 9.69 Å². The maximum Gasteiger partial charge on any atom is 0.417 e. The summed E-state index contributed by atoms with van der Waals surface area (Å²) < 4.78 is 5.29. The highest BCUT2D eigenvalue weighted by atomic mass is 16.6. The largest absolute Gasteiger partial charge is 0.441 e. The number of allylic oxidation sites excluding steroid dienone is 2. The number of carbonyl (C=O) groups is 2. The molecule has 2 aliphatic rings. The Hall–Kier alpha value is -2.11. The summed E-state index contributed by atoms with van der Waals surface area (Å²) in [4.78, 5) is 35.7. The Morgan fingerprint density at radius 3 is 2.95 bits per heavy atom. The summed E-state index contributed by atoms with van der Waals surface area (Å²) in [5, 5.41) is 2.33. The highest BCUT2D eigenvalue weighted by Gasteiger charge is 2.32. The van der Waals surface area contributed by atoms with Crippen LogP contribution in [0.5, 0.6) is 0 Å². The lowest BCUT2D eigenvalue weighted by Gasteiger charge is -2.24. The summed E-state index contributed by atoms with van der Waals surface area (Å²) in [6, 6.07) is -0.690. The molecule has 0 aromatic carbocycles. The van der Waals surface area contributed by atoms with E-state index in [0.29, 0.717) is 25.8 Å². The SMILES string of the molecule is O=[C]N[C@H]1CCCCN(C(=O)OC2C=CC=CC2)C1=O. The first kappa shape index (κ1) is 14.3. The molecule has 1 heterocycles. The molecule has 1 N–H and O–H groups in total. The molecule has 0 aromatic heterocycles. The molecule has 6 heteroatoms. The van der Waals surface area contributed by atoms with Gasteiger partial charge in [-0.15, -0.1) is 0 Å². The number of likely N-dealkylation sites (tertiary alicyclic amines) is 1. The summed E-state index contributed by atoms with van der Waals surface area (Å²) >= 11 is 0. The molecule has 1 aliphatic carbocycles. The van der Waals surface area contributed by atoms with Gasteiger partial charge in [0.05, 0.1) is 0 Å². The molecule has 1 radical (unpaired) electrons. The number of ether oxygens (including phenoxy) is 1. The van der Waals surface area contributed by atoms with Crippen molar-refractivity contribution in [2.75, 3.05) is 6.54 Å². The van der Waals surface area contributed by atoms with Crippen molar-refractivity contribution < 1.29 is 19.1 Å². The Labute approximate surface area is 117 Å². The molecule has 1 fully saturated rings. The second-order valence-corrected chi connectivity index (χ2v) is 4.76. The van der Waals surface area contributed by atoms with E-state index in [2.05, 4.69) is 5.32 Å². The molecular weight excluding hydrogens is 260 g/mol. The van der Waals surface area contributed by atoms with Gasteiger partial charge < -0.3 is 10.1 Å². The van der Waals surface area contributed by atoms with E-state index in [9.17, 15) is 14.4 Å². The minimum Gasteiger partial charge on any atom is -0.441 e. The van der Waals surface area contributed by atoms with Crippen molar-refractivity contribution in [3.8, 4) is 0 Å². The Kier molecular flexibility index (Phi) is 4.92. The lowest BCUT2D eigenvalue weighted by atomic mass is 10.1. The van der Waals surface area contributed by atoms with Crippen LogP contribution in [0, 0.1) is 0 Å². The van der Waals surface area contributed by atoms with E-state index < -0.39 is 18.0 Å². The van der Waals surface area contributed by atoms with Crippen LogP contribution in [0.1, 0.15) is 25.7 Å². The minimum absolute atomic E-state index is 0.320. The van der Waals surface area contributed by atoms with Crippen LogP contribution in [0.3, 0.4) is 0 Å². The molecule has 0 saturated carbocycles. The first-order chi connectivity index (χ1) is 9.72. The van der Waals surface area contributed by atoms with Crippen molar-refractivity contribution >= 4 is 18.4 Å². The number of hydrogen-bond acceptors (Lipinski definition) is 4. The first-order valence-corrected chi connectivity index (χ1v) is 6.70. The Morgan fingerprint density at radius 1 is 1.40 bits per heavy atom. The molecule has 1 saturated heterocycles. The van der Waals surface area contributed by atoms with Gasteiger partial charge in [-0.3, -0.25) is 9.59 Å². The predicted molar refractivity (Wildman–Crippen MR) is 71.3 cm³/mol. The fourth-order valence-corrected chi connectivity index (χ4v) is 2.26. The van der Waals surface area contributed by atoms with Gasteiger partial charge in [0.1, 0.15) is 12.1 Å². The van der Waals surface area contributed by atoms with Crippen LogP contribution in [0.25, 0.3) is 0 Å². The summed E-state index contributed by atoms with van der Waals surface area (Å²) in [6.45, 7) is 0.320. The third-order valence-electron chi connectivity index (χ3n) is 3.34. The highest BCUT2D eigenvalue weighted by Crippen LogP contribution is 2.15. The number of imide groups is 1. The highest BCUT2D eigenvalue weighted by molar-refractivity contribution is 5.96. The molecule has 2 atom stereocenters. The molecule has 3 amide bonds. The van der Waals surface area contributed by atoms with Crippen molar-refractivity contribution in [2.24, 2.45) is 0 Å². The van der Waals surface area contributed by atoms with Gasteiger partial charge in [-0.05, 0) is 25.3 Å².